The minimum atomic E-state index is 0.580. The zero-order chi connectivity index (χ0) is 11.7. The molecule has 3 rings (SSSR count). The molecule has 4 nitrogen and oxygen atoms in total. The van der Waals surface area contributed by atoms with Crippen LogP contribution in [-0.2, 0) is 0 Å². The molecule has 17 heavy (non-hydrogen) atoms. The lowest BCUT2D eigenvalue weighted by Crippen LogP contribution is -2.44. The average molecular weight is 231 g/mol. The quantitative estimate of drug-likeness (QED) is 0.858. The molecular formula is C13H17N3O. The molecule has 1 aliphatic rings. The van der Waals surface area contributed by atoms with Crippen LogP contribution in [0.15, 0.2) is 29.0 Å². The van der Waals surface area contributed by atoms with Gasteiger partial charge in [-0.1, -0.05) is 0 Å². The van der Waals surface area contributed by atoms with Crippen molar-refractivity contribution in [1.82, 2.24) is 10.3 Å². The normalized spacial score (nSPS) is 21.0. The molecule has 0 bridgehead atoms. The molecule has 0 unspecified atom stereocenters. The van der Waals surface area contributed by atoms with E-state index in [-0.39, 0.29) is 0 Å². The summed E-state index contributed by atoms with van der Waals surface area (Å²) in [5.41, 5.74) is 2.96. The van der Waals surface area contributed by atoms with Crippen molar-refractivity contribution in [2.75, 3.05) is 25.0 Å². The summed E-state index contributed by atoms with van der Waals surface area (Å²) in [6.07, 6.45) is 6.11. The molecule has 4 heteroatoms. The lowest BCUT2D eigenvalue weighted by atomic mass is 10.1. The molecule has 0 aromatic carbocycles. The van der Waals surface area contributed by atoms with Crippen molar-refractivity contribution in [3.8, 4) is 0 Å². The highest BCUT2D eigenvalue weighted by atomic mass is 16.3. The van der Waals surface area contributed by atoms with E-state index in [1.54, 1.807) is 6.26 Å². The molecule has 0 aliphatic carbocycles. The van der Waals surface area contributed by atoms with E-state index in [0.29, 0.717) is 6.04 Å². The first-order valence-corrected chi connectivity index (χ1v) is 6.12. The Hall–Kier alpha value is -1.55. The number of rotatable bonds is 2. The maximum atomic E-state index is 5.40. The number of nitrogens with one attached hydrogen (secondary N) is 1. The van der Waals surface area contributed by atoms with Crippen LogP contribution in [0.2, 0.25) is 0 Å². The number of piperidine rings is 1. The second-order valence-corrected chi connectivity index (χ2v) is 4.57. The molecule has 1 saturated heterocycles. The number of nitrogens with zero attached hydrogens (tertiary/aromatic N) is 2. The Bertz CT molecular complexity index is 508. The molecule has 90 valence electrons. The Labute approximate surface area is 101 Å². The van der Waals surface area contributed by atoms with E-state index in [1.165, 1.54) is 12.8 Å². The first-order valence-electron chi connectivity index (χ1n) is 6.12. The van der Waals surface area contributed by atoms with Crippen LogP contribution >= 0.6 is 0 Å². The lowest BCUT2D eigenvalue weighted by Gasteiger charge is -2.33. The van der Waals surface area contributed by atoms with E-state index in [0.717, 1.165) is 29.9 Å². The van der Waals surface area contributed by atoms with E-state index < -0.39 is 0 Å². The van der Waals surface area contributed by atoms with E-state index in [1.807, 2.05) is 19.3 Å². The summed E-state index contributed by atoms with van der Waals surface area (Å²) in [4.78, 5) is 6.79. The summed E-state index contributed by atoms with van der Waals surface area (Å²) in [5.74, 6) is 0. The molecule has 1 N–H and O–H groups in total. The van der Waals surface area contributed by atoms with Gasteiger partial charge in [0.25, 0.3) is 0 Å². The summed E-state index contributed by atoms with van der Waals surface area (Å²) in [5, 5.41) is 3.35. The van der Waals surface area contributed by atoms with Crippen molar-refractivity contribution in [2.24, 2.45) is 0 Å². The molecule has 2 aromatic rings. The summed E-state index contributed by atoms with van der Waals surface area (Å²) in [6.45, 7) is 2.15. The van der Waals surface area contributed by atoms with Gasteiger partial charge in [0.15, 0.2) is 5.58 Å². The van der Waals surface area contributed by atoms with Crippen LogP contribution in [0.25, 0.3) is 11.1 Å². The summed E-state index contributed by atoms with van der Waals surface area (Å²) < 4.78 is 5.40. The molecule has 3 heterocycles. The number of aromatic nitrogens is 1. The SMILES string of the molecule is CN[C@H]1CCCN(c2cnc3ccoc3c2)C1. The van der Waals surface area contributed by atoms with Crippen molar-refractivity contribution in [2.45, 2.75) is 18.9 Å². The van der Waals surface area contributed by atoms with Gasteiger partial charge in [-0.15, -0.1) is 0 Å². The molecule has 1 fully saturated rings. The van der Waals surface area contributed by atoms with Gasteiger partial charge in [-0.2, -0.15) is 0 Å². The summed E-state index contributed by atoms with van der Waals surface area (Å²) in [6, 6.07) is 4.56. The smallest absolute Gasteiger partial charge is 0.154 e. The number of likely N-dealkylation sites (N-methyl/N-ethyl adjacent to an activating group) is 1. The maximum absolute atomic E-state index is 5.40. The molecule has 2 aromatic heterocycles. The Morgan fingerprint density at radius 3 is 3.35 bits per heavy atom. The Balaban J connectivity index is 1.86. The van der Waals surface area contributed by atoms with Crippen molar-refractivity contribution < 1.29 is 4.42 Å². The minimum Gasteiger partial charge on any atom is -0.463 e. The van der Waals surface area contributed by atoms with Crippen molar-refractivity contribution in [3.05, 3.63) is 24.6 Å². The van der Waals surface area contributed by atoms with Gasteiger partial charge in [-0.05, 0) is 19.9 Å². The number of pyridine rings is 1. The molecule has 0 amide bonds. The first kappa shape index (κ1) is 10.6. The van der Waals surface area contributed by atoms with Crippen LogP contribution in [0.5, 0.6) is 0 Å². The number of hydrogen-bond donors (Lipinski definition) is 1. The van der Waals surface area contributed by atoms with E-state index >= 15 is 0 Å². The van der Waals surface area contributed by atoms with Crippen LogP contribution in [0.3, 0.4) is 0 Å². The standard InChI is InChI=1S/C13H17N3O/c1-14-10-3-2-5-16(9-10)11-7-13-12(15-8-11)4-6-17-13/h4,6-8,10,14H,2-3,5,9H2,1H3/t10-/m0/s1. The van der Waals surface area contributed by atoms with E-state index in [9.17, 15) is 0 Å². The van der Waals surface area contributed by atoms with E-state index in [4.69, 9.17) is 4.42 Å². The van der Waals surface area contributed by atoms with Gasteiger partial charge < -0.3 is 14.6 Å². The predicted molar refractivity (Wildman–Crippen MR) is 68.3 cm³/mol. The third kappa shape index (κ3) is 2.00. The Morgan fingerprint density at radius 2 is 2.47 bits per heavy atom. The van der Waals surface area contributed by atoms with Gasteiger partial charge >= 0.3 is 0 Å². The van der Waals surface area contributed by atoms with Gasteiger partial charge in [-0.25, -0.2) is 0 Å². The number of hydrogen-bond acceptors (Lipinski definition) is 4. The summed E-state index contributed by atoms with van der Waals surface area (Å²) in [7, 11) is 2.03. The highest BCUT2D eigenvalue weighted by Gasteiger charge is 2.19. The largest absolute Gasteiger partial charge is 0.463 e. The van der Waals surface area contributed by atoms with Gasteiger partial charge in [-0.3, -0.25) is 4.98 Å². The molecule has 0 radical (unpaired) electrons. The van der Waals surface area contributed by atoms with Gasteiger partial charge in [0.05, 0.1) is 18.1 Å². The van der Waals surface area contributed by atoms with Gasteiger partial charge in [0.1, 0.15) is 5.52 Å². The van der Waals surface area contributed by atoms with Gasteiger partial charge in [0, 0.05) is 31.3 Å². The molecule has 1 aliphatic heterocycles. The average Bonchev–Trinajstić information content (AvgIpc) is 2.86. The number of fused-ring (bicyclic) bond motifs is 1. The van der Waals surface area contributed by atoms with Crippen molar-refractivity contribution >= 4 is 16.8 Å². The zero-order valence-corrected chi connectivity index (χ0v) is 10.0. The monoisotopic (exact) mass is 231 g/mol. The molecule has 0 saturated carbocycles. The third-order valence-corrected chi connectivity index (χ3v) is 3.48. The third-order valence-electron chi connectivity index (χ3n) is 3.48. The Kier molecular flexibility index (Phi) is 2.73. The van der Waals surface area contributed by atoms with Crippen LogP contribution in [0.4, 0.5) is 5.69 Å². The van der Waals surface area contributed by atoms with Crippen LogP contribution in [0, 0.1) is 0 Å². The second kappa shape index (κ2) is 4.37. The fraction of sp³-hybridized carbons (Fsp3) is 0.462. The second-order valence-electron chi connectivity index (χ2n) is 4.57. The fourth-order valence-corrected chi connectivity index (χ4v) is 2.46. The highest BCUT2D eigenvalue weighted by Crippen LogP contribution is 2.23. The van der Waals surface area contributed by atoms with Crippen molar-refractivity contribution in [1.29, 1.82) is 0 Å². The minimum absolute atomic E-state index is 0.580. The van der Waals surface area contributed by atoms with Crippen LogP contribution in [0.1, 0.15) is 12.8 Å². The predicted octanol–water partition coefficient (Wildman–Crippen LogP) is 2.02. The molecular weight excluding hydrogens is 214 g/mol. The van der Waals surface area contributed by atoms with Gasteiger partial charge in [0.2, 0.25) is 0 Å². The maximum Gasteiger partial charge on any atom is 0.154 e. The first-order chi connectivity index (χ1) is 8.36. The number of anilines is 1. The summed E-state index contributed by atoms with van der Waals surface area (Å²) >= 11 is 0. The van der Waals surface area contributed by atoms with E-state index in [2.05, 4.69) is 21.3 Å². The fourth-order valence-electron chi connectivity index (χ4n) is 2.46. The highest BCUT2D eigenvalue weighted by molar-refractivity contribution is 5.76. The Morgan fingerprint density at radius 1 is 1.53 bits per heavy atom. The molecule has 0 spiro atoms. The lowest BCUT2D eigenvalue weighted by molar-refractivity contribution is 0.449. The number of furan rings is 1. The topological polar surface area (TPSA) is 41.3 Å². The van der Waals surface area contributed by atoms with Crippen molar-refractivity contribution in [3.63, 3.8) is 0 Å². The molecule has 1 atom stereocenters. The van der Waals surface area contributed by atoms with Crippen LogP contribution in [-0.4, -0.2) is 31.2 Å². The zero-order valence-electron chi connectivity index (χ0n) is 10.0. The van der Waals surface area contributed by atoms with Crippen LogP contribution < -0.4 is 10.2 Å².